The summed E-state index contributed by atoms with van der Waals surface area (Å²) in [6.07, 6.45) is -1.22. The number of benzene rings is 3. The average Bonchev–Trinajstić information content (AvgIpc) is 2.84. The molecule has 1 atom stereocenters. The summed E-state index contributed by atoms with van der Waals surface area (Å²) < 4.78 is 29.2. The molecule has 0 spiro atoms. The Morgan fingerprint density at radius 1 is 0.943 bits per heavy atom. The number of aromatic nitrogens is 2. The zero-order valence-electron chi connectivity index (χ0n) is 18.4. The van der Waals surface area contributed by atoms with Crippen LogP contribution in [0.4, 0.5) is 5.69 Å². The number of amides is 1. The summed E-state index contributed by atoms with van der Waals surface area (Å²) in [6, 6.07) is 20.3. The van der Waals surface area contributed by atoms with Gasteiger partial charge in [-0.05, 0) is 49.4 Å². The second-order valence-corrected chi connectivity index (χ2v) is 9.11. The number of carbonyl (C=O) groups excluding carboxylic acids is 2. The number of rotatable bonds is 6. The van der Waals surface area contributed by atoms with Crippen LogP contribution in [0.5, 0.6) is 0 Å². The Bertz CT molecular complexity index is 1580. The molecule has 11 heteroatoms. The van der Waals surface area contributed by atoms with E-state index in [4.69, 9.17) is 9.88 Å². The van der Waals surface area contributed by atoms with E-state index in [0.29, 0.717) is 11.1 Å². The Hall–Kier alpha value is -4.35. The maximum atomic E-state index is 13.0. The van der Waals surface area contributed by atoms with Crippen molar-refractivity contribution in [2.24, 2.45) is 5.14 Å². The molecule has 35 heavy (non-hydrogen) atoms. The minimum Gasteiger partial charge on any atom is -0.448 e. The standard InChI is InChI=1S/C24H20N4O6S/c1-15(22(29)26-16-11-13-18(14-12-16)35(25,32)33)34-24(31)21-19-9-5-6-10-20(19)23(30)28(27-21)17-7-3-2-4-8-17/h2-15H,1H3,(H,26,29)(H2,25,32,33). The van der Waals surface area contributed by atoms with E-state index < -0.39 is 33.6 Å². The van der Waals surface area contributed by atoms with Crippen LogP contribution < -0.4 is 16.0 Å². The maximum absolute atomic E-state index is 13.0. The number of hydrogen-bond donors (Lipinski definition) is 2. The quantitative estimate of drug-likeness (QED) is 0.392. The molecular weight excluding hydrogens is 472 g/mol. The van der Waals surface area contributed by atoms with E-state index in [9.17, 15) is 22.8 Å². The first-order valence-electron chi connectivity index (χ1n) is 10.4. The summed E-state index contributed by atoms with van der Waals surface area (Å²) in [5, 5.41) is 12.4. The SMILES string of the molecule is CC(OC(=O)c1nn(-c2ccccc2)c(=O)c2ccccc12)C(=O)Nc1ccc(S(N)(=O)=O)cc1. The smallest absolute Gasteiger partial charge is 0.360 e. The average molecular weight is 493 g/mol. The van der Waals surface area contributed by atoms with Gasteiger partial charge in [0.15, 0.2) is 11.8 Å². The summed E-state index contributed by atoms with van der Waals surface area (Å²) in [5.74, 6) is -1.54. The summed E-state index contributed by atoms with van der Waals surface area (Å²) in [4.78, 5) is 38.4. The molecule has 0 saturated heterocycles. The molecule has 10 nitrogen and oxygen atoms in total. The van der Waals surface area contributed by atoms with Gasteiger partial charge in [-0.3, -0.25) is 9.59 Å². The Morgan fingerprint density at radius 3 is 2.17 bits per heavy atom. The van der Waals surface area contributed by atoms with Crippen LogP contribution in [0.25, 0.3) is 16.5 Å². The van der Waals surface area contributed by atoms with Crippen LogP contribution in [-0.4, -0.2) is 36.2 Å². The van der Waals surface area contributed by atoms with Gasteiger partial charge in [0, 0.05) is 11.1 Å². The van der Waals surface area contributed by atoms with Crippen molar-refractivity contribution >= 4 is 38.4 Å². The van der Waals surface area contributed by atoms with Crippen molar-refractivity contribution in [3.63, 3.8) is 0 Å². The normalized spacial score (nSPS) is 12.2. The lowest BCUT2D eigenvalue weighted by Gasteiger charge is -2.15. The number of fused-ring (bicyclic) bond motifs is 1. The van der Waals surface area contributed by atoms with Crippen LogP contribution in [0.1, 0.15) is 17.4 Å². The summed E-state index contributed by atoms with van der Waals surface area (Å²) in [5.41, 5.74) is 0.218. The first kappa shape index (κ1) is 23.8. The molecule has 1 amide bonds. The van der Waals surface area contributed by atoms with E-state index >= 15 is 0 Å². The van der Waals surface area contributed by atoms with Crippen molar-refractivity contribution in [3.05, 3.63) is 94.9 Å². The third-order valence-corrected chi connectivity index (χ3v) is 6.03. The topological polar surface area (TPSA) is 150 Å². The van der Waals surface area contributed by atoms with Gasteiger partial charge in [0.1, 0.15) is 0 Å². The monoisotopic (exact) mass is 492 g/mol. The molecule has 0 fully saturated rings. The van der Waals surface area contributed by atoms with Crippen LogP contribution in [-0.2, 0) is 19.6 Å². The van der Waals surface area contributed by atoms with E-state index in [1.165, 1.54) is 31.2 Å². The second-order valence-electron chi connectivity index (χ2n) is 7.55. The number of ether oxygens (including phenoxy) is 1. The Balaban J connectivity index is 1.59. The minimum absolute atomic E-state index is 0.110. The summed E-state index contributed by atoms with van der Waals surface area (Å²) >= 11 is 0. The summed E-state index contributed by atoms with van der Waals surface area (Å²) in [6.45, 7) is 1.38. The van der Waals surface area contributed by atoms with Crippen LogP contribution in [0.3, 0.4) is 0 Å². The van der Waals surface area contributed by atoms with E-state index in [1.807, 2.05) is 0 Å². The van der Waals surface area contributed by atoms with Crippen molar-refractivity contribution in [2.45, 2.75) is 17.9 Å². The molecule has 0 aliphatic carbocycles. The molecule has 1 unspecified atom stereocenters. The Labute approximate surface area is 200 Å². The zero-order valence-corrected chi connectivity index (χ0v) is 19.2. The highest BCUT2D eigenvalue weighted by Crippen LogP contribution is 2.18. The molecule has 4 rings (SSSR count). The number of sulfonamides is 1. The Morgan fingerprint density at radius 2 is 1.54 bits per heavy atom. The lowest BCUT2D eigenvalue weighted by molar-refractivity contribution is -0.123. The van der Waals surface area contributed by atoms with E-state index in [0.717, 1.165) is 4.68 Å². The van der Waals surface area contributed by atoms with Crippen LogP contribution in [0.2, 0.25) is 0 Å². The molecule has 3 N–H and O–H groups in total. The van der Waals surface area contributed by atoms with Gasteiger partial charge >= 0.3 is 5.97 Å². The van der Waals surface area contributed by atoms with E-state index in [-0.39, 0.29) is 21.7 Å². The van der Waals surface area contributed by atoms with Crippen molar-refractivity contribution in [2.75, 3.05) is 5.32 Å². The predicted molar refractivity (Wildman–Crippen MR) is 129 cm³/mol. The number of carbonyl (C=O) groups is 2. The molecule has 1 aromatic heterocycles. The highest BCUT2D eigenvalue weighted by molar-refractivity contribution is 7.89. The third kappa shape index (κ3) is 5.10. The largest absolute Gasteiger partial charge is 0.448 e. The molecule has 0 aliphatic rings. The molecule has 0 radical (unpaired) electrons. The number of nitrogens with two attached hydrogens (primary N) is 1. The molecule has 178 valence electrons. The van der Waals surface area contributed by atoms with Gasteiger partial charge in [0.25, 0.3) is 11.5 Å². The molecule has 0 saturated carbocycles. The first-order valence-corrected chi connectivity index (χ1v) is 11.9. The molecule has 0 aliphatic heterocycles. The maximum Gasteiger partial charge on any atom is 0.360 e. The van der Waals surface area contributed by atoms with Crippen molar-refractivity contribution in [1.82, 2.24) is 9.78 Å². The van der Waals surface area contributed by atoms with Gasteiger partial charge in [-0.15, -0.1) is 0 Å². The van der Waals surface area contributed by atoms with Gasteiger partial charge in [-0.1, -0.05) is 36.4 Å². The van der Waals surface area contributed by atoms with E-state index in [2.05, 4.69) is 10.4 Å². The molecule has 0 bridgehead atoms. The third-order valence-electron chi connectivity index (χ3n) is 5.10. The van der Waals surface area contributed by atoms with Gasteiger partial charge in [0.2, 0.25) is 10.0 Å². The Kier molecular flexibility index (Phi) is 6.45. The van der Waals surface area contributed by atoms with Gasteiger partial charge in [-0.25, -0.2) is 18.4 Å². The molecule has 3 aromatic carbocycles. The predicted octanol–water partition coefficient (Wildman–Crippen LogP) is 2.22. The highest BCUT2D eigenvalue weighted by atomic mass is 32.2. The van der Waals surface area contributed by atoms with Crippen LogP contribution >= 0.6 is 0 Å². The highest BCUT2D eigenvalue weighted by Gasteiger charge is 2.24. The summed E-state index contributed by atoms with van der Waals surface area (Å²) in [7, 11) is -3.87. The van der Waals surface area contributed by atoms with Gasteiger partial charge in [-0.2, -0.15) is 9.78 Å². The fraction of sp³-hybridized carbons (Fsp3) is 0.0833. The van der Waals surface area contributed by atoms with E-state index in [1.54, 1.807) is 54.6 Å². The number of primary sulfonamides is 1. The minimum atomic E-state index is -3.87. The fourth-order valence-electron chi connectivity index (χ4n) is 3.33. The number of esters is 1. The number of anilines is 1. The number of nitrogens with one attached hydrogen (secondary N) is 1. The van der Waals surface area contributed by atoms with Crippen LogP contribution in [0, 0.1) is 0 Å². The van der Waals surface area contributed by atoms with Crippen molar-refractivity contribution in [1.29, 1.82) is 0 Å². The number of para-hydroxylation sites is 1. The fourth-order valence-corrected chi connectivity index (χ4v) is 3.84. The number of hydrogen-bond acceptors (Lipinski definition) is 7. The van der Waals surface area contributed by atoms with Gasteiger partial charge < -0.3 is 10.1 Å². The van der Waals surface area contributed by atoms with Gasteiger partial charge in [0.05, 0.1) is 16.0 Å². The van der Waals surface area contributed by atoms with Crippen LogP contribution in [0.15, 0.2) is 88.6 Å². The molecule has 4 aromatic rings. The number of nitrogens with zero attached hydrogens (tertiary/aromatic N) is 2. The molecule has 1 heterocycles. The zero-order chi connectivity index (χ0) is 25.2. The lowest BCUT2D eigenvalue weighted by Crippen LogP contribution is -2.31. The first-order chi connectivity index (χ1) is 16.6. The lowest BCUT2D eigenvalue weighted by atomic mass is 10.1. The molecular formula is C24H20N4O6S. The second kappa shape index (κ2) is 9.49. The van der Waals surface area contributed by atoms with Crippen molar-refractivity contribution < 1.29 is 22.7 Å². The van der Waals surface area contributed by atoms with Crippen molar-refractivity contribution in [3.8, 4) is 5.69 Å².